The van der Waals surface area contributed by atoms with E-state index in [1.165, 1.54) is 13.1 Å². The summed E-state index contributed by atoms with van der Waals surface area (Å²) in [4.78, 5) is 17.0. The van der Waals surface area contributed by atoms with Gasteiger partial charge in [0.1, 0.15) is 0 Å². The second-order valence-electron chi connectivity index (χ2n) is 6.07. The van der Waals surface area contributed by atoms with Gasteiger partial charge in [-0.05, 0) is 64.2 Å². The van der Waals surface area contributed by atoms with Crippen molar-refractivity contribution in [3.05, 3.63) is 28.8 Å². The summed E-state index contributed by atoms with van der Waals surface area (Å²) in [5.74, 6) is -0.101. The van der Waals surface area contributed by atoms with Crippen LogP contribution in [0.2, 0.25) is 0 Å². The van der Waals surface area contributed by atoms with Gasteiger partial charge in [0.15, 0.2) is 0 Å². The molecule has 0 aromatic heterocycles. The first-order valence-corrected chi connectivity index (χ1v) is 9.27. The predicted octanol–water partition coefficient (Wildman–Crippen LogP) is 0.989. The molecule has 1 saturated heterocycles. The summed E-state index contributed by atoms with van der Waals surface area (Å²) in [7, 11) is -0.162. The zero-order chi connectivity index (χ0) is 17.2. The fourth-order valence-corrected chi connectivity index (χ4v) is 3.84. The van der Waals surface area contributed by atoms with E-state index in [0.29, 0.717) is 24.2 Å². The first-order valence-electron chi connectivity index (χ1n) is 7.79. The van der Waals surface area contributed by atoms with Crippen LogP contribution >= 0.6 is 0 Å². The summed E-state index contributed by atoms with van der Waals surface area (Å²) in [6.45, 7) is 6.75. The summed E-state index contributed by atoms with van der Waals surface area (Å²) in [6, 6.07) is 3.27. The van der Waals surface area contributed by atoms with Gasteiger partial charge in [0, 0.05) is 25.2 Å². The van der Waals surface area contributed by atoms with Crippen molar-refractivity contribution in [2.24, 2.45) is 0 Å². The van der Waals surface area contributed by atoms with Crippen LogP contribution in [0.4, 0.5) is 0 Å². The highest BCUT2D eigenvalue weighted by Gasteiger charge is 2.23. The molecule has 0 unspecified atom stereocenters. The molecule has 1 aliphatic rings. The van der Waals surface area contributed by atoms with E-state index < -0.39 is 10.0 Å². The van der Waals surface area contributed by atoms with E-state index in [0.717, 1.165) is 25.1 Å². The third-order valence-corrected chi connectivity index (χ3v) is 5.97. The Kier molecular flexibility index (Phi) is 5.44. The molecule has 1 heterocycles. The molecule has 2 rings (SSSR count). The lowest BCUT2D eigenvalue weighted by Gasteiger charge is -2.21. The number of benzene rings is 1. The van der Waals surface area contributed by atoms with E-state index in [9.17, 15) is 13.2 Å². The van der Waals surface area contributed by atoms with E-state index in [2.05, 4.69) is 9.62 Å². The van der Waals surface area contributed by atoms with Crippen molar-refractivity contribution >= 4 is 15.9 Å². The standard InChI is InChI=1S/C16H25N3O3S/c1-12-10-14(11-15(13(12)2)23(21,22)17-3)16(20)19-7-5-6-18(4)8-9-19/h10-11,17H,5-9H2,1-4H3. The Morgan fingerprint density at radius 3 is 2.48 bits per heavy atom. The number of hydrogen-bond acceptors (Lipinski definition) is 4. The minimum Gasteiger partial charge on any atom is -0.337 e. The third-order valence-electron chi connectivity index (χ3n) is 4.43. The van der Waals surface area contributed by atoms with E-state index in [-0.39, 0.29) is 10.8 Å². The van der Waals surface area contributed by atoms with Crippen LogP contribution in [0.5, 0.6) is 0 Å². The molecule has 1 N–H and O–H groups in total. The molecule has 0 radical (unpaired) electrons. The van der Waals surface area contributed by atoms with E-state index in [1.807, 2.05) is 18.9 Å². The number of hydrogen-bond donors (Lipinski definition) is 1. The summed E-state index contributed by atoms with van der Waals surface area (Å²) in [5, 5.41) is 0. The third kappa shape index (κ3) is 3.91. The Balaban J connectivity index is 2.38. The van der Waals surface area contributed by atoms with Gasteiger partial charge in [-0.3, -0.25) is 4.79 Å². The maximum atomic E-state index is 12.8. The van der Waals surface area contributed by atoms with Crippen molar-refractivity contribution < 1.29 is 13.2 Å². The van der Waals surface area contributed by atoms with Crippen molar-refractivity contribution in [1.29, 1.82) is 0 Å². The first kappa shape index (κ1) is 17.9. The Labute approximate surface area is 138 Å². The van der Waals surface area contributed by atoms with Gasteiger partial charge in [-0.15, -0.1) is 0 Å². The fourth-order valence-electron chi connectivity index (χ4n) is 2.77. The van der Waals surface area contributed by atoms with Gasteiger partial charge in [-0.1, -0.05) is 0 Å². The molecule has 128 valence electrons. The average molecular weight is 339 g/mol. The molecule has 1 aromatic carbocycles. The predicted molar refractivity (Wildman–Crippen MR) is 90.2 cm³/mol. The quantitative estimate of drug-likeness (QED) is 0.892. The Morgan fingerprint density at radius 1 is 1.13 bits per heavy atom. The van der Waals surface area contributed by atoms with Gasteiger partial charge < -0.3 is 9.80 Å². The average Bonchev–Trinajstić information content (AvgIpc) is 2.73. The molecule has 0 atom stereocenters. The first-order chi connectivity index (χ1) is 10.8. The van der Waals surface area contributed by atoms with Crippen LogP contribution in [0.25, 0.3) is 0 Å². The lowest BCUT2D eigenvalue weighted by molar-refractivity contribution is 0.0762. The molecule has 1 amide bonds. The van der Waals surface area contributed by atoms with E-state index >= 15 is 0 Å². The number of likely N-dealkylation sites (N-methyl/N-ethyl adjacent to an activating group) is 1. The van der Waals surface area contributed by atoms with Crippen molar-refractivity contribution in [2.45, 2.75) is 25.2 Å². The number of sulfonamides is 1. The molecule has 1 fully saturated rings. The molecular formula is C16H25N3O3S. The highest BCUT2D eigenvalue weighted by Crippen LogP contribution is 2.22. The van der Waals surface area contributed by atoms with Crippen LogP contribution in [-0.2, 0) is 10.0 Å². The Morgan fingerprint density at radius 2 is 1.83 bits per heavy atom. The SMILES string of the molecule is CNS(=O)(=O)c1cc(C(=O)N2CCCN(C)CC2)cc(C)c1C. The summed E-state index contributed by atoms with van der Waals surface area (Å²) < 4.78 is 26.7. The van der Waals surface area contributed by atoms with Gasteiger partial charge in [0.2, 0.25) is 10.0 Å². The maximum Gasteiger partial charge on any atom is 0.253 e. The van der Waals surface area contributed by atoms with Gasteiger partial charge in [0.05, 0.1) is 4.90 Å². The van der Waals surface area contributed by atoms with E-state index in [4.69, 9.17) is 0 Å². The molecule has 0 bridgehead atoms. The van der Waals surface area contributed by atoms with Crippen LogP contribution in [0.3, 0.4) is 0 Å². The molecule has 7 heteroatoms. The van der Waals surface area contributed by atoms with Crippen molar-refractivity contribution in [3.63, 3.8) is 0 Å². The number of nitrogens with zero attached hydrogens (tertiary/aromatic N) is 2. The van der Waals surface area contributed by atoms with Crippen LogP contribution in [0.1, 0.15) is 27.9 Å². The number of nitrogens with one attached hydrogen (secondary N) is 1. The minimum atomic E-state index is -3.58. The molecule has 1 aromatic rings. The molecule has 1 aliphatic heterocycles. The highest BCUT2D eigenvalue weighted by molar-refractivity contribution is 7.89. The molecule has 23 heavy (non-hydrogen) atoms. The van der Waals surface area contributed by atoms with Crippen LogP contribution < -0.4 is 4.72 Å². The lowest BCUT2D eigenvalue weighted by Crippen LogP contribution is -2.34. The van der Waals surface area contributed by atoms with Crippen molar-refractivity contribution in [2.75, 3.05) is 40.3 Å². The number of rotatable bonds is 3. The molecule has 0 aliphatic carbocycles. The Hall–Kier alpha value is -1.44. The highest BCUT2D eigenvalue weighted by atomic mass is 32.2. The zero-order valence-corrected chi connectivity index (χ0v) is 15.0. The van der Waals surface area contributed by atoms with Gasteiger partial charge in [0.25, 0.3) is 5.91 Å². The fraction of sp³-hybridized carbons (Fsp3) is 0.562. The van der Waals surface area contributed by atoms with Crippen LogP contribution in [-0.4, -0.2) is 64.4 Å². The number of amides is 1. The largest absolute Gasteiger partial charge is 0.337 e. The number of carbonyl (C=O) groups excluding carboxylic acids is 1. The second kappa shape index (κ2) is 6.98. The number of carbonyl (C=O) groups is 1. The lowest BCUT2D eigenvalue weighted by atomic mass is 10.1. The summed E-state index contributed by atoms with van der Waals surface area (Å²) >= 11 is 0. The van der Waals surface area contributed by atoms with Crippen molar-refractivity contribution in [3.8, 4) is 0 Å². The second-order valence-corrected chi connectivity index (χ2v) is 7.93. The van der Waals surface area contributed by atoms with E-state index in [1.54, 1.807) is 13.0 Å². The normalized spacial score (nSPS) is 17.1. The maximum absolute atomic E-state index is 12.8. The van der Waals surface area contributed by atoms with Crippen LogP contribution in [0.15, 0.2) is 17.0 Å². The molecule has 0 spiro atoms. The molecule has 0 saturated carbocycles. The topological polar surface area (TPSA) is 69.7 Å². The smallest absolute Gasteiger partial charge is 0.253 e. The number of aryl methyl sites for hydroxylation is 1. The summed E-state index contributed by atoms with van der Waals surface area (Å²) in [5.41, 5.74) is 1.91. The monoisotopic (exact) mass is 339 g/mol. The minimum absolute atomic E-state index is 0.101. The zero-order valence-electron chi connectivity index (χ0n) is 14.2. The Bertz CT molecular complexity index is 701. The van der Waals surface area contributed by atoms with Gasteiger partial charge in [-0.2, -0.15) is 0 Å². The van der Waals surface area contributed by atoms with Gasteiger partial charge in [-0.25, -0.2) is 13.1 Å². The van der Waals surface area contributed by atoms with Gasteiger partial charge >= 0.3 is 0 Å². The molecule has 6 nitrogen and oxygen atoms in total. The van der Waals surface area contributed by atoms with Crippen molar-refractivity contribution in [1.82, 2.24) is 14.5 Å². The molecular weight excluding hydrogens is 314 g/mol. The van der Waals surface area contributed by atoms with Crippen LogP contribution in [0, 0.1) is 13.8 Å². The summed E-state index contributed by atoms with van der Waals surface area (Å²) in [6.07, 6.45) is 0.925.